The highest BCUT2D eigenvalue weighted by atomic mass is 32.2. The van der Waals surface area contributed by atoms with E-state index in [9.17, 15) is 8.42 Å². The SMILES string of the molecule is CN=C(NCc1ccc(S(=O)(=O)NC)cc1)NCC(C)Sc1ccccc1. The molecule has 0 aliphatic heterocycles. The zero-order valence-corrected chi connectivity index (χ0v) is 17.4. The standard InChI is InChI=1S/C19H26N4O2S2/c1-15(26-17-7-5-4-6-8-17)13-22-19(20-2)23-14-16-9-11-18(12-10-16)27(24,25)21-3/h4-12,15,21H,13-14H2,1-3H3,(H2,20,22,23). The molecule has 6 nitrogen and oxygen atoms in total. The fraction of sp³-hybridized carbons (Fsp3) is 0.316. The zero-order valence-electron chi connectivity index (χ0n) is 15.8. The van der Waals surface area contributed by atoms with Crippen molar-refractivity contribution in [1.29, 1.82) is 0 Å². The molecule has 0 aliphatic rings. The maximum absolute atomic E-state index is 11.7. The van der Waals surface area contributed by atoms with Gasteiger partial charge in [0.2, 0.25) is 10.0 Å². The number of rotatable bonds is 8. The molecule has 2 rings (SSSR count). The normalized spacial score (nSPS) is 13.2. The van der Waals surface area contributed by atoms with Gasteiger partial charge in [-0.15, -0.1) is 11.8 Å². The summed E-state index contributed by atoms with van der Waals surface area (Å²) >= 11 is 1.81. The summed E-state index contributed by atoms with van der Waals surface area (Å²) in [4.78, 5) is 5.73. The van der Waals surface area contributed by atoms with Gasteiger partial charge in [0.1, 0.15) is 0 Å². The lowest BCUT2D eigenvalue weighted by Gasteiger charge is -2.16. The Labute approximate surface area is 165 Å². The van der Waals surface area contributed by atoms with Crippen LogP contribution in [-0.2, 0) is 16.6 Å². The minimum Gasteiger partial charge on any atom is -0.355 e. The second-order valence-corrected chi connectivity index (χ2v) is 9.30. The highest BCUT2D eigenvalue weighted by Gasteiger charge is 2.10. The molecule has 0 heterocycles. The van der Waals surface area contributed by atoms with Crippen molar-refractivity contribution < 1.29 is 8.42 Å². The molecule has 1 unspecified atom stereocenters. The van der Waals surface area contributed by atoms with E-state index in [2.05, 4.69) is 39.4 Å². The fourth-order valence-electron chi connectivity index (χ4n) is 2.32. The van der Waals surface area contributed by atoms with Crippen LogP contribution in [0.15, 0.2) is 69.4 Å². The van der Waals surface area contributed by atoms with Crippen molar-refractivity contribution in [3.63, 3.8) is 0 Å². The quantitative estimate of drug-likeness (QED) is 0.356. The third-order valence-corrected chi connectivity index (χ3v) is 6.37. The largest absolute Gasteiger partial charge is 0.355 e. The Kier molecular flexibility index (Phi) is 8.15. The predicted octanol–water partition coefficient (Wildman–Crippen LogP) is 2.44. The molecule has 0 amide bonds. The fourth-order valence-corrected chi connectivity index (χ4v) is 4.00. The third kappa shape index (κ3) is 6.89. The molecule has 0 radical (unpaired) electrons. The van der Waals surface area contributed by atoms with Crippen molar-refractivity contribution in [2.45, 2.75) is 28.5 Å². The molecule has 0 saturated carbocycles. The van der Waals surface area contributed by atoms with Gasteiger partial charge in [0, 0.05) is 30.3 Å². The average Bonchev–Trinajstić information content (AvgIpc) is 2.69. The van der Waals surface area contributed by atoms with Crippen LogP contribution in [-0.4, -0.2) is 40.3 Å². The molecule has 2 aromatic rings. The maximum atomic E-state index is 11.7. The van der Waals surface area contributed by atoms with Crippen LogP contribution < -0.4 is 15.4 Å². The van der Waals surface area contributed by atoms with Crippen molar-refractivity contribution in [2.24, 2.45) is 4.99 Å². The molecule has 2 aromatic carbocycles. The molecule has 146 valence electrons. The van der Waals surface area contributed by atoms with Gasteiger partial charge in [-0.2, -0.15) is 0 Å². The topological polar surface area (TPSA) is 82.6 Å². The zero-order chi connectivity index (χ0) is 19.7. The first kappa shape index (κ1) is 21.3. The minimum atomic E-state index is -3.40. The van der Waals surface area contributed by atoms with E-state index in [1.807, 2.05) is 30.0 Å². The van der Waals surface area contributed by atoms with E-state index in [0.717, 1.165) is 12.1 Å². The molecular weight excluding hydrogens is 380 g/mol. The van der Waals surface area contributed by atoms with Crippen molar-refractivity contribution in [3.05, 3.63) is 60.2 Å². The van der Waals surface area contributed by atoms with E-state index in [4.69, 9.17) is 0 Å². The molecule has 0 aliphatic carbocycles. The monoisotopic (exact) mass is 406 g/mol. The van der Waals surface area contributed by atoms with Gasteiger partial charge in [-0.1, -0.05) is 37.3 Å². The second kappa shape index (κ2) is 10.3. The van der Waals surface area contributed by atoms with Crippen LogP contribution in [0, 0.1) is 0 Å². The Hall–Kier alpha value is -2.03. The Morgan fingerprint density at radius 1 is 1.07 bits per heavy atom. The van der Waals surface area contributed by atoms with Gasteiger partial charge < -0.3 is 10.6 Å². The number of nitrogens with one attached hydrogen (secondary N) is 3. The Morgan fingerprint density at radius 3 is 2.33 bits per heavy atom. The summed E-state index contributed by atoms with van der Waals surface area (Å²) in [5.41, 5.74) is 0.972. The molecule has 0 spiro atoms. The first-order chi connectivity index (χ1) is 12.9. The summed E-state index contributed by atoms with van der Waals surface area (Å²) in [6.07, 6.45) is 0. The summed E-state index contributed by atoms with van der Waals surface area (Å²) in [5.74, 6) is 0.711. The Bertz CT molecular complexity index is 838. The van der Waals surface area contributed by atoms with Gasteiger partial charge >= 0.3 is 0 Å². The average molecular weight is 407 g/mol. The van der Waals surface area contributed by atoms with E-state index >= 15 is 0 Å². The summed E-state index contributed by atoms with van der Waals surface area (Å²) in [5, 5.41) is 6.94. The van der Waals surface area contributed by atoms with Crippen molar-refractivity contribution in [2.75, 3.05) is 20.6 Å². The number of hydrogen-bond donors (Lipinski definition) is 3. The number of nitrogens with zero attached hydrogens (tertiary/aromatic N) is 1. The first-order valence-corrected chi connectivity index (χ1v) is 11.0. The molecule has 3 N–H and O–H groups in total. The molecule has 1 atom stereocenters. The van der Waals surface area contributed by atoms with Crippen LogP contribution in [0.5, 0.6) is 0 Å². The number of benzene rings is 2. The van der Waals surface area contributed by atoms with Crippen LogP contribution in [0.3, 0.4) is 0 Å². The van der Waals surface area contributed by atoms with E-state index in [1.54, 1.807) is 31.3 Å². The lowest BCUT2D eigenvalue weighted by Crippen LogP contribution is -2.39. The number of guanidine groups is 1. The van der Waals surface area contributed by atoms with Crippen LogP contribution in [0.4, 0.5) is 0 Å². The van der Waals surface area contributed by atoms with E-state index in [-0.39, 0.29) is 4.90 Å². The van der Waals surface area contributed by atoms with E-state index in [0.29, 0.717) is 17.8 Å². The highest BCUT2D eigenvalue weighted by molar-refractivity contribution is 8.00. The Balaban J connectivity index is 1.81. The predicted molar refractivity (Wildman–Crippen MR) is 113 cm³/mol. The van der Waals surface area contributed by atoms with Crippen LogP contribution in [0.2, 0.25) is 0 Å². The minimum absolute atomic E-state index is 0.253. The van der Waals surface area contributed by atoms with Crippen molar-refractivity contribution in [3.8, 4) is 0 Å². The lowest BCUT2D eigenvalue weighted by atomic mass is 10.2. The van der Waals surface area contributed by atoms with Gasteiger partial charge in [-0.05, 0) is 36.9 Å². The second-order valence-electron chi connectivity index (χ2n) is 5.90. The van der Waals surface area contributed by atoms with Crippen molar-refractivity contribution >= 4 is 27.7 Å². The third-order valence-electron chi connectivity index (χ3n) is 3.82. The molecule has 0 aromatic heterocycles. The smallest absolute Gasteiger partial charge is 0.240 e. The summed E-state index contributed by atoms with van der Waals surface area (Å²) in [7, 11) is -0.274. The van der Waals surface area contributed by atoms with E-state index in [1.165, 1.54) is 11.9 Å². The number of sulfonamides is 1. The molecule has 0 bridgehead atoms. The maximum Gasteiger partial charge on any atom is 0.240 e. The van der Waals surface area contributed by atoms with Gasteiger partial charge in [0.05, 0.1) is 4.90 Å². The van der Waals surface area contributed by atoms with Crippen molar-refractivity contribution in [1.82, 2.24) is 15.4 Å². The molecule has 8 heteroatoms. The van der Waals surface area contributed by atoms with Crippen LogP contribution >= 0.6 is 11.8 Å². The summed E-state index contributed by atoms with van der Waals surface area (Å²) < 4.78 is 25.8. The van der Waals surface area contributed by atoms with Gasteiger partial charge in [0.15, 0.2) is 5.96 Å². The summed E-state index contributed by atoms with van der Waals surface area (Å²) in [6.45, 7) is 3.50. The highest BCUT2D eigenvalue weighted by Crippen LogP contribution is 2.21. The number of thioether (sulfide) groups is 1. The molecular formula is C19H26N4O2S2. The number of aliphatic imine (C=N–C) groups is 1. The summed E-state index contributed by atoms with van der Waals surface area (Å²) in [6, 6.07) is 17.1. The molecule has 0 fully saturated rings. The Morgan fingerprint density at radius 2 is 1.74 bits per heavy atom. The van der Waals surface area contributed by atoms with Crippen LogP contribution in [0.25, 0.3) is 0 Å². The van der Waals surface area contributed by atoms with Gasteiger partial charge in [-0.3, -0.25) is 4.99 Å². The molecule has 27 heavy (non-hydrogen) atoms. The first-order valence-electron chi connectivity index (χ1n) is 8.63. The van der Waals surface area contributed by atoms with Gasteiger partial charge in [0.25, 0.3) is 0 Å². The van der Waals surface area contributed by atoms with Gasteiger partial charge in [-0.25, -0.2) is 13.1 Å². The van der Waals surface area contributed by atoms with E-state index < -0.39 is 10.0 Å². The number of hydrogen-bond acceptors (Lipinski definition) is 4. The molecule has 0 saturated heterocycles. The lowest BCUT2D eigenvalue weighted by molar-refractivity contribution is 0.588. The van der Waals surface area contributed by atoms with Crippen LogP contribution in [0.1, 0.15) is 12.5 Å².